The standard InChI is InChI=1S/C27H22N6O2/c28-25-23-3-1-17(10-18(23)5-8-31-25)14-33-27(35)19-6-7-30-22(13-19)11-16-2-4-24-20(9-16)12-21(15-32-24)26(29)34/h1-10,12-13,15H,11,14H2,(H2,28,31)(H2,29,34)(H,33,35). The van der Waals surface area contributed by atoms with Gasteiger partial charge in [0.1, 0.15) is 5.82 Å². The van der Waals surface area contributed by atoms with E-state index < -0.39 is 5.91 Å². The van der Waals surface area contributed by atoms with Crippen LogP contribution in [0.5, 0.6) is 0 Å². The Labute approximate surface area is 201 Å². The van der Waals surface area contributed by atoms with Crippen molar-refractivity contribution in [2.24, 2.45) is 5.73 Å². The van der Waals surface area contributed by atoms with E-state index in [-0.39, 0.29) is 5.91 Å². The van der Waals surface area contributed by atoms with Gasteiger partial charge in [0.25, 0.3) is 5.91 Å². The SMILES string of the molecule is NC(=O)c1cnc2ccc(Cc3cc(C(=O)NCc4ccc5c(N)nccc5c4)ccn3)cc2c1. The highest BCUT2D eigenvalue weighted by molar-refractivity contribution is 5.96. The predicted octanol–water partition coefficient (Wildman–Crippen LogP) is 3.38. The number of benzene rings is 2. The minimum Gasteiger partial charge on any atom is -0.383 e. The van der Waals surface area contributed by atoms with Crippen molar-refractivity contribution in [2.75, 3.05) is 5.73 Å². The van der Waals surface area contributed by atoms with Gasteiger partial charge in [0.2, 0.25) is 5.91 Å². The third-order valence-electron chi connectivity index (χ3n) is 5.81. The number of hydrogen-bond donors (Lipinski definition) is 3. The number of fused-ring (bicyclic) bond motifs is 2. The Morgan fingerprint density at radius 2 is 1.60 bits per heavy atom. The van der Waals surface area contributed by atoms with Crippen molar-refractivity contribution in [1.82, 2.24) is 20.3 Å². The molecule has 0 radical (unpaired) electrons. The molecule has 5 N–H and O–H groups in total. The molecule has 0 aliphatic rings. The normalized spacial score (nSPS) is 11.0. The van der Waals surface area contributed by atoms with E-state index in [1.54, 1.807) is 30.6 Å². The fourth-order valence-electron chi connectivity index (χ4n) is 4.00. The van der Waals surface area contributed by atoms with Crippen LogP contribution in [0.4, 0.5) is 5.82 Å². The number of pyridine rings is 3. The van der Waals surface area contributed by atoms with Crippen LogP contribution < -0.4 is 16.8 Å². The molecule has 2 aromatic carbocycles. The first-order valence-corrected chi connectivity index (χ1v) is 11.0. The van der Waals surface area contributed by atoms with Crippen LogP contribution in [0.3, 0.4) is 0 Å². The van der Waals surface area contributed by atoms with Crippen LogP contribution in [0.25, 0.3) is 21.7 Å². The molecule has 0 bridgehead atoms. The fourth-order valence-corrected chi connectivity index (χ4v) is 4.00. The monoisotopic (exact) mass is 462 g/mol. The van der Waals surface area contributed by atoms with Crippen LogP contribution >= 0.6 is 0 Å². The van der Waals surface area contributed by atoms with Gasteiger partial charge in [-0.1, -0.05) is 18.2 Å². The average Bonchev–Trinajstić information content (AvgIpc) is 2.87. The van der Waals surface area contributed by atoms with Crippen molar-refractivity contribution >= 4 is 39.3 Å². The van der Waals surface area contributed by atoms with E-state index in [1.807, 2.05) is 42.5 Å². The molecule has 172 valence electrons. The topological polar surface area (TPSA) is 137 Å². The van der Waals surface area contributed by atoms with Crippen molar-refractivity contribution < 1.29 is 9.59 Å². The van der Waals surface area contributed by atoms with E-state index in [1.165, 1.54) is 6.20 Å². The summed E-state index contributed by atoms with van der Waals surface area (Å²) in [6.07, 6.45) is 5.29. The largest absolute Gasteiger partial charge is 0.383 e. The number of aromatic nitrogens is 3. The second-order valence-corrected chi connectivity index (χ2v) is 8.26. The zero-order valence-electron chi connectivity index (χ0n) is 18.7. The second-order valence-electron chi connectivity index (χ2n) is 8.26. The maximum Gasteiger partial charge on any atom is 0.251 e. The summed E-state index contributed by atoms with van der Waals surface area (Å²) >= 11 is 0. The molecule has 5 aromatic rings. The van der Waals surface area contributed by atoms with Crippen LogP contribution in [0.15, 0.2) is 79.3 Å². The van der Waals surface area contributed by atoms with Gasteiger partial charge >= 0.3 is 0 Å². The molecule has 0 atom stereocenters. The molecule has 2 amide bonds. The zero-order valence-corrected chi connectivity index (χ0v) is 18.7. The van der Waals surface area contributed by atoms with Crippen molar-refractivity contribution in [3.05, 3.63) is 107 Å². The quantitative estimate of drug-likeness (QED) is 0.354. The van der Waals surface area contributed by atoms with Crippen molar-refractivity contribution in [2.45, 2.75) is 13.0 Å². The molecule has 3 heterocycles. The number of nitrogens with zero attached hydrogens (tertiary/aromatic N) is 3. The number of anilines is 1. The molecule has 0 saturated heterocycles. The number of amides is 2. The molecule has 0 saturated carbocycles. The van der Waals surface area contributed by atoms with Crippen LogP contribution in [0.1, 0.15) is 37.5 Å². The van der Waals surface area contributed by atoms with Crippen molar-refractivity contribution in [3.8, 4) is 0 Å². The van der Waals surface area contributed by atoms with Gasteiger partial charge in [-0.2, -0.15) is 0 Å². The zero-order chi connectivity index (χ0) is 24.4. The van der Waals surface area contributed by atoms with Gasteiger partial charge in [-0.05, 0) is 59.0 Å². The van der Waals surface area contributed by atoms with Gasteiger partial charge < -0.3 is 16.8 Å². The Balaban J connectivity index is 1.29. The molecule has 0 aliphatic carbocycles. The van der Waals surface area contributed by atoms with Crippen LogP contribution in [0, 0.1) is 0 Å². The minimum atomic E-state index is -0.519. The third-order valence-corrected chi connectivity index (χ3v) is 5.81. The number of carbonyl (C=O) groups excluding carboxylic acids is 2. The second kappa shape index (κ2) is 9.18. The number of hydrogen-bond acceptors (Lipinski definition) is 6. The molecular weight excluding hydrogens is 440 g/mol. The van der Waals surface area contributed by atoms with Crippen molar-refractivity contribution in [1.29, 1.82) is 0 Å². The number of primary amides is 1. The number of nitrogens with two attached hydrogens (primary N) is 2. The summed E-state index contributed by atoms with van der Waals surface area (Å²) in [5.41, 5.74) is 15.6. The molecule has 8 heteroatoms. The van der Waals surface area contributed by atoms with E-state index in [9.17, 15) is 9.59 Å². The minimum absolute atomic E-state index is 0.184. The summed E-state index contributed by atoms with van der Waals surface area (Å²) in [6.45, 7) is 0.383. The summed E-state index contributed by atoms with van der Waals surface area (Å²) < 4.78 is 0. The molecule has 5 rings (SSSR count). The van der Waals surface area contributed by atoms with E-state index in [2.05, 4.69) is 20.3 Å². The molecule has 0 unspecified atom stereocenters. The fraction of sp³-hybridized carbons (Fsp3) is 0.0741. The van der Waals surface area contributed by atoms with Crippen molar-refractivity contribution in [3.63, 3.8) is 0 Å². The first kappa shape index (κ1) is 22.0. The van der Waals surface area contributed by atoms with Gasteiger partial charge in [0.05, 0.1) is 11.1 Å². The molecule has 0 spiro atoms. The van der Waals surface area contributed by atoms with E-state index >= 15 is 0 Å². The first-order chi connectivity index (χ1) is 17.0. The Hall–Kier alpha value is -4.85. The van der Waals surface area contributed by atoms with E-state index in [0.29, 0.717) is 29.9 Å². The lowest BCUT2D eigenvalue weighted by Gasteiger charge is -2.09. The van der Waals surface area contributed by atoms with Gasteiger partial charge in [0.15, 0.2) is 0 Å². The Morgan fingerprint density at radius 3 is 2.46 bits per heavy atom. The average molecular weight is 463 g/mol. The van der Waals surface area contributed by atoms with Gasteiger partial charge in [-0.3, -0.25) is 19.6 Å². The highest BCUT2D eigenvalue weighted by Crippen LogP contribution is 2.20. The smallest absolute Gasteiger partial charge is 0.251 e. The summed E-state index contributed by atoms with van der Waals surface area (Å²) in [7, 11) is 0. The highest BCUT2D eigenvalue weighted by Gasteiger charge is 2.10. The lowest BCUT2D eigenvalue weighted by Crippen LogP contribution is -2.23. The number of nitrogen functional groups attached to an aromatic ring is 1. The lowest BCUT2D eigenvalue weighted by molar-refractivity contribution is 0.0949. The summed E-state index contributed by atoms with van der Waals surface area (Å²) in [4.78, 5) is 37.0. The molecular formula is C27H22N6O2. The molecule has 0 aliphatic heterocycles. The summed E-state index contributed by atoms with van der Waals surface area (Å²) in [5.74, 6) is -0.217. The summed E-state index contributed by atoms with van der Waals surface area (Å²) in [5, 5.41) is 5.64. The lowest BCUT2D eigenvalue weighted by atomic mass is 10.0. The first-order valence-electron chi connectivity index (χ1n) is 11.0. The third kappa shape index (κ3) is 4.77. The number of rotatable bonds is 6. The Kier molecular flexibility index (Phi) is 5.76. The summed E-state index contributed by atoms with van der Waals surface area (Å²) in [6, 6.07) is 18.7. The number of carbonyl (C=O) groups is 2. The highest BCUT2D eigenvalue weighted by atomic mass is 16.2. The molecule has 8 nitrogen and oxygen atoms in total. The van der Waals surface area contributed by atoms with Gasteiger partial charge in [-0.15, -0.1) is 0 Å². The Morgan fingerprint density at radius 1 is 0.800 bits per heavy atom. The number of nitrogens with one attached hydrogen (secondary N) is 1. The predicted molar refractivity (Wildman–Crippen MR) is 135 cm³/mol. The van der Waals surface area contributed by atoms with Gasteiger partial charge in [0, 0.05) is 53.6 Å². The molecule has 0 fully saturated rings. The Bertz CT molecular complexity index is 1600. The maximum absolute atomic E-state index is 12.8. The van der Waals surface area contributed by atoms with E-state index in [0.717, 1.165) is 38.5 Å². The van der Waals surface area contributed by atoms with Gasteiger partial charge in [-0.25, -0.2) is 4.98 Å². The van der Waals surface area contributed by atoms with E-state index in [4.69, 9.17) is 11.5 Å². The maximum atomic E-state index is 12.8. The molecule has 35 heavy (non-hydrogen) atoms. The van der Waals surface area contributed by atoms with Crippen LogP contribution in [-0.4, -0.2) is 26.8 Å². The molecule has 3 aromatic heterocycles. The van der Waals surface area contributed by atoms with Crippen LogP contribution in [0.2, 0.25) is 0 Å². The van der Waals surface area contributed by atoms with Crippen LogP contribution in [-0.2, 0) is 13.0 Å².